The van der Waals surface area contributed by atoms with Gasteiger partial charge in [-0.05, 0) is 37.1 Å². The number of amides is 1. The SMILES string of the molecule is CN(C(=O)CCc1nc(-c2cccs2)no1)C1CC2CCC(C1)N2. The molecule has 2 bridgehead atoms. The second-order valence-electron chi connectivity index (χ2n) is 6.76. The molecule has 4 rings (SSSR count). The van der Waals surface area contributed by atoms with Crippen molar-refractivity contribution in [1.82, 2.24) is 20.4 Å². The Hall–Kier alpha value is -1.73. The van der Waals surface area contributed by atoms with Gasteiger partial charge in [0.15, 0.2) is 0 Å². The lowest BCUT2D eigenvalue weighted by Crippen LogP contribution is -2.48. The minimum Gasteiger partial charge on any atom is -0.343 e. The lowest BCUT2D eigenvalue weighted by Gasteiger charge is -2.35. The van der Waals surface area contributed by atoms with Gasteiger partial charge in [-0.25, -0.2) is 0 Å². The van der Waals surface area contributed by atoms with Crippen molar-refractivity contribution in [3.63, 3.8) is 0 Å². The molecule has 2 unspecified atom stereocenters. The van der Waals surface area contributed by atoms with Crippen LogP contribution in [0.5, 0.6) is 0 Å². The van der Waals surface area contributed by atoms with Crippen LogP contribution in [-0.4, -0.2) is 46.1 Å². The van der Waals surface area contributed by atoms with Crippen molar-refractivity contribution in [1.29, 1.82) is 0 Å². The van der Waals surface area contributed by atoms with Gasteiger partial charge in [0.2, 0.25) is 17.6 Å². The van der Waals surface area contributed by atoms with Crippen molar-refractivity contribution in [3.05, 3.63) is 23.4 Å². The summed E-state index contributed by atoms with van der Waals surface area (Å²) in [4.78, 5) is 19.8. The molecule has 2 saturated heterocycles. The van der Waals surface area contributed by atoms with Gasteiger partial charge in [0, 0.05) is 38.0 Å². The topological polar surface area (TPSA) is 71.3 Å². The van der Waals surface area contributed by atoms with E-state index in [9.17, 15) is 4.79 Å². The van der Waals surface area contributed by atoms with Gasteiger partial charge in [0.1, 0.15) is 0 Å². The Balaban J connectivity index is 1.31. The summed E-state index contributed by atoms with van der Waals surface area (Å²) in [7, 11) is 1.93. The molecule has 1 amide bonds. The summed E-state index contributed by atoms with van der Waals surface area (Å²) in [5.41, 5.74) is 0. The smallest absolute Gasteiger partial charge is 0.227 e. The van der Waals surface area contributed by atoms with Gasteiger partial charge >= 0.3 is 0 Å². The highest BCUT2D eigenvalue weighted by molar-refractivity contribution is 7.13. The highest BCUT2D eigenvalue weighted by atomic mass is 32.1. The van der Waals surface area contributed by atoms with E-state index in [4.69, 9.17) is 4.52 Å². The number of fused-ring (bicyclic) bond motifs is 2. The molecule has 6 nitrogen and oxygen atoms in total. The Kier molecular flexibility index (Phi) is 4.37. The molecule has 0 aliphatic carbocycles. The highest BCUT2D eigenvalue weighted by Gasteiger charge is 2.36. The lowest BCUT2D eigenvalue weighted by molar-refractivity contribution is -0.132. The van der Waals surface area contributed by atoms with Crippen molar-refractivity contribution in [2.75, 3.05) is 7.05 Å². The number of carbonyl (C=O) groups is 1. The molecule has 128 valence electrons. The Morgan fingerprint density at radius 2 is 2.21 bits per heavy atom. The number of aromatic nitrogens is 2. The largest absolute Gasteiger partial charge is 0.343 e. The molecule has 2 atom stereocenters. The number of thiophene rings is 1. The first-order chi connectivity index (χ1) is 11.7. The minimum absolute atomic E-state index is 0.164. The van der Waals surface area contributed by atoms with Crippen molar-refractivity contribution >= 4 is 17.2 Å². The number of piperidine rings is 1. The fraction of sp³-hybridized carbons (Fsp3) is 0.588. The van der Waals surface area contributed by atoms with Crippen LogP contribution in [0.2, 0.25) is 0 Å². The molecule has 2 aliphatic heterocycles. The van der Waals surface area contributed by atoms with Crippen molar-refractivity contribution in [3.8, 4) is 10.7 Å². The normalized spacial score (nSPS) is 25.8. The fourth-order valence-corrected chi connectivity index (χ4v) is 4.45. The van der Waals surface area contributed by atoms with E-state index < -0.39 is 0 Å². The van der Waals surface area contributed by atoms with E-state index in [-0.39, 0.29) is 5.91 Å². The van der Waals surface area contributed by atoms with E-state index in [1.807, 2.05) is 29.5 Å². The summed E-state index contributed by atoms with van der Waals surface area (Å²) in [6.45, 7) is 0. The van der Waals surface area contributed by atoms with Crippen molar-refractivity contribution < 1.29 is 9.32 Å². The number of hydrogen-bond donors (Lipinski definition) is 1. The number of hydrogen-bond acceptors (Lipinski definition) is 6. The quantitative estimate of drug-likeness (QED) is 0.900. The molecular weight excluding hydrogens is 324 g/mol. The Labute approximate surface area is 145 Å². The molecule has 0 aromatic carbocycles. The van der Waals surface area contributed by atoms with E-state index in [1.54, 1.807) is 11.3 Å². The molecule has 0 radical (unpaired) electrons. The number of carbonyl (C=O) groups excluding carboxylic acids is 1. The van der Waals surface area contributed by atoms with Gasteiger partial charge in [-0.2, -0.15) is 4.98 Å². The maximum Gasteiger partial charge on any atom is 0.227 e. The molecule has 0 spiro atoms. The standard InChI is InChI=1S/C17H22N4O2S/c1-21(13-9-11-4-5-12(10-13)18-11)16(22)7-6-15-19-17(20-23-15)14-3-2-8-24-14/h2-3,8,11-13,18H,4-7,9-10H2,1H3. The molecular formula is C17H22N4O2S. The summed E-state index contributed by atoms with van der Waals surface area (Å²) in [5.74, 6) is 1.30. The second-order valence-corrected chi connectivity index (χ2v) is 7.70. The van der Waals surface area contributed by atoms with E-state index in [2.05, 4.69) is 15.5 Å². The predicted octanol–water partition coefficient (Wildman–Crippen LogP) is 2.47. The van der Waals surface area contributed by atoms with Crippen LogP contribution in [0.3, 0.4) is 0 Å². The van der Waals surface area contributed by atoms with Crippen molar-refractivity contribution in [2.45, 2.75) is 56.7 Å². The monoisotopic (exact) mass is 346 g/mol. The summed E-state index contributed by atoms with van der Waals surface area (Å²) in [6, 6.07) is 5.46. The third-order valence-electron chi connectivity index (χ3n) is 5.15. The first-order valence-electron chi connectivity index (χ1n) is 8.57. The average Bonchev–Trinajstić information content (AvgIpc) is 3.32. The molecule has 7 heteroatoms. The number of rotatable bonds is 5. The average molecular weight is 346 g/mol. The number of nitrogens with zero attached hydrogens (tertiary/aromatic N) is 3. The Bertz CT molecular complexity index is 687. The van der Waals surface area contributed by atoms with Crippen LogP contribution < -0.4 is 5.32 Å². The van der Waals surface area contributed by atoms with Crippen LogP contribution in [0.1, 0.15) is 38.0 Å². The molecule has 0 saturated carbocycles. The maximum absolute atomic E-state index is 12.5. The predicted molar refractivity (Wildman–Crippen MR) is 91.7 cm³/mol. The van der Waals surface area contributed by atoms with Crippen LogP contribution in [0.4, 0.5) is 0 Å². The lowest BCUT2D eigenvalue weighted by atomic mass is 9.98. The fourth-order valence-electron chi connectivity index (χ4n) is 3.80. The third-order valence-corrected chi connectivity index (χ3v) is 6.02. The molecule has 24 heavy (non-hydrogen) atoms. The zero-order valence-corrected chi connectivity index (χ0v) is 14.6. The van der Waals surface area contributed by atoms with E-state index in [1.165, 1.54) is 12.8 Å². The van der Waals surface area contributed by atoms with E-state index >= 15 is 0 Å². The molecule has 1 N–H and O–H groups in total. The Morgan fingerprint density at radius 3 is 2.92 bits per heavy atom. The number of aryl methyl sites for hydroxylation is 1. The zero-order chi connectivity index (χ0) is 16.5. The number of nitrogens with one attached hydrogen (secondary N) is 1. The third kappa shape index (κ3) is 3.23. The van der Waals surface area contributed by atoms with Crippen LogP contribution in [0, 0.1) is 0 Å². The van der Waals surface area contributed by atoms with Gasteiger partial charge in [-0.3, -0.25) is 4.79 Å². The van der Waals surface area contributed by atoms with Crippen LogP contribution in [-0.2, 0) is 11.2 Å². The van der Waals surface area contributed by atoms with Gasteiger partial charge in [-0.15, -0.1) is 11.3 Å². The van der Waals surface area contributed by atoms with Crippen LogP contribution in [0.25, 0.3) is 10.7 Å². The first-order valence-corrected chi connectivity index (χ1v) is 9.45. The Morgan fingerprint density at radius 1 is 1.42 bits per heavy atom. The molecule has 4 heterocycles. The van der Waals surface area contributed by atoms with Gasteiger partial charge in [-0.1, -0.05) is 11.2 Å². The van der Waals surface area contributed by atoms with Gasteiger partial charge < -0.3 is 14.7 Å². The van der Waals surface area contributed by atoms with E-state index in [0.29, 0.717) is 42.7 Å². The minimum atomic E-state index is 0.164. The summed E-state index contributed by atoms with van der Waals surface area (Å²) >= 11 is 1.58. The van der Waals surface area contributed by atoms with E-state index in [0.717, 1.165) is 17.7 Å². The van der Waals surface area contributed by atoms with Crippen LogP contribution in [0.15, 0.2) is 22.0 Å². The van der Waals surface area contributed by atoms with Gasteiger partial charge in [0.05, 0.1) is 4.88 Å². The first kappa shape index (κ1) is 15.8. The van der Waals surface area contributed by atoms with Gasteiger partial charge in [0.25, 0.3) is 0 Å². The second kappa shape index (κ2) is 6.64. The van der Waals surface area contributed by atoms with Crippen molar-refractivity contribution in [2.24, 2.45) is 0 Å². The summed E-state index contributed by atoms with van der Waals surface area (Å²) in [5, 5.41) is 9.59. The molecule has 2 aromatic heterocycles. The molecule has 2 fully saturated rings. The maximum atomic E-state index is 12.5. The molecule has 2 aromatic rings. The highest BCUT2D eigenvalue weighted by Crippen LogP contribution is 2.29. The van der Waals surface area contributed by atoms with Crippen LogP contribution >= 0.6 is 11.3 Å². The summed E-state index contributed by atoms with van der Waals surface area (Å²) in [6.07, 6.45) is 5.55. The molecule has 2 aliphatic rings. The summed E-state index contributed by atoms with van der Waals surface area (Å²) < 4.78 is 5.27. The zero-order valence-electron chi connectivity index (χ0n) is 13.8.